The second-order valence-electron chi connectivity index (χ2n) is 4.00. The molecule has 0 saturated heterocycles. The summed E-state index contributed by atoms with van der Waals surface area (Å²) in [6, 6.07) is 6.25. The number of nitro groups is 1. The average Bonchev–Trinajstić information content (AvgIpc) is 2.43. The van der Waals surface area contributed by atoms with Crippen molar-refractivity contribution in [3.63, 3.8) is 0 Å². The summed E-state index contributed by atoms with van der Waals surface area (Å²) in [6.07, 6.45) is 1.56. The fraction of sp³-hybridized carbons (Fsp3) is 0.143. The van der Waals surface area contributed by atoms with Gasteiger partial charge in [-0.15, -0.1) is 0 Å². The molecule has 1 N–H and O–H groups in total. The van der Waals surface area contributed by atoms with Gasteiger partial charge in [-0.3, -0.25) is 19.9 Å². The van der Waals surface area contributed by atoms with Crippen LogP contribution in [0.1, 0.15) is 12.5 Å². The molecule has 0 radical (unpaired) electrons. The number of nitrogens with zero attached hydrogens (tertiary/aromatic N) is 2. The lowest BCUT2D eigenvalue weighted by molar-refractivity contribution is -0.383. The fourth-order valence-electron chi connectivity index (χ4n) is 1.73. The summed E-state index contributed by atoms with van der Waals surface area (Å²) in [5, 5.41) is 14.0. The molecule has 100 valence electrons. The second kappa shape index (κ2) is 5.80. The molecule has 0 aliphatic heterocycles. The summed E-state index contributed by atoms with van der Waals surface area (Å²) in [6.45, 7) is 1.63. The number of benzene rings is 1. The second-order valence-corrected chi connectivity index (χ2v) is 4.00. The largest absolute Gasteiger partial charge is 0.345 e. The number of nitrogens with one attached hydrogen (secondary N) is 1. The first-order valence-electron chi connectivity index (χ1n) is 5.85. The zero-order chi connectivity index (χ0) is 14.5. The Morgan fingerprint density at radius 3 is 2.95 bits per heavy atom. The molecule has 1 aromatic heterocycles. The topological polar surface area (TPSA) is 85.1 Å². The van der Waals surface area contributed by atoms with E-state index in [1.165, 1.54) is 13.0 Å². The number of aromatic nitrogens is 1. The van der Waals surface area contributed by atoms with Crippen LogP contribution in [0.3, 0.4) is 0 Å². The summed E-state index contributed by atoms with van der Waals surface area (Å²) < 4.78 is 0. The molecule has 2 rings (SSSR count). The van der Waals surface area contributed by atoms with E-state index >= 15 is 0 Å². The first-order valence-corrected chi connectivity index (χ1v) is 5.85. The molecule has 1 amide bonds. The van der Waals surface area contributed by atoms with Crippen LogP contribution in [0.2, 0.25) is 0 Å². The Balaban J connectivity index is 2.43. The lowest BCUT2D eigenvalue weighted by Gasteiger charge is -2.00. The van der Waals surface area contributed by atoms with Crippen LogP contribution in [0.4, 0.5) is 5.69 Å². The maximum atomic E-state index is 11.0. The highest BCUT2D eigenvalue weighted by Crippen LogP contribution is 2.26. The molecule has 0 unspecified atom stereocenters. The van der Waals surface area contributed by atoms with E-state index in [2.05, 4.69) is 22.1 Å². The van der Waals surface area contributed by atoms with Gasteiger partial charge in [-0.05, 0) is 18.2 Å². The van der Waals surface area contributed by atoms with E-state index < -0.39 is 4.92 Å². The smallest absolute Gasteiger partial charge is 0.278 e. The molecule has 6 nitrogen and oxygen atoms in total. The van der Waals surface area contributed by atoms with E-state index in [-0.39, 0.29) is 18.1 Å². The van der Waals surface area contributed by atoms with Gasteiger partial charge >= 0.3 is 0 Å². The molecule has 6 heteroatoms. The van der Waals surface area contributed by atoms with Crippen LogP contribution in [0.15, 0.2) is 30.5 Å². The molecule has 1 heterocycles. The van der Waals surface area contributed by atoms with Gasteiger partial charge in [-0.25, -0.2) is 0 Å². The van der Waals surface area contributed by atoms with Gasteiger partial charge in [-0.1, -0.05) is 11.8 Å². The van der Waals surface area contributed by atoms with E-state index in [0.717, 1.165) is 0 Å². The van der Waals surface area contributed by atoms with Crippen LogP contribution in [0, 0.1) is 22.0 Å². The lowest BCUT2D eigenvalue weighted by Crippen LogP contribution is -2.19. The fourth-order valence-corrected chi connectivity index (χ4v) is 1.73. The third kappa shape index (κ3) is 2.90. The zero-order valence-electron chi connectivity index (χ0n) is 10.7. The number of carbonyl (C=O) groups excluding carboxylic acids is 1. The summed E-state index contributed by atoms with van der Waals surface area (Å²) in [5.41, 5.74) is 1.08. The van der Waals surface area contributed by atoms with Gasteiger partial charge in [0.2, 0.25) is 5.91 Å². The van der Waals surface area contributed by atoms with Gasteiger partial charge in [0, 0.05) is 19.2 Å². The van der Waals surface area contributed by atoms with Crippen molar-refractivity contribution < 1.29 is 9.72 Å². The lowest BCUT2D eigenvalue weighted by atomic mass is 10.1. The first-order chi connectivity index (χ1) is 9.59. The molecule has 0 spiro atoms. The minimum absolute atomic E-state index is 0.000473. The molecule has 0 saturated carbocycles. The molecule has 0 aliphatic rings. The van der Waals surface area contributed by atoms with Crippen LogP contribution in [-0.2, 0) is 4.79 Å². The van der Waals surface area contributed by atoms with Crippen LogP contribution in [0.5, 0.6) is 0 Å². The van der Waals surface area contributed by atoms with Gasteiger partial charge in [0.1, 0.15) is 0 Å². The van der Waals surface area contributed by atoms with Gasteiger partial charge < -0.3 is 5.32 Å². The molecule has 0 aliphatic carbocycles. The number of carbonyl (C=O) groups is 1. The summed E-state index contributed by atoms with van der Waals surface area (Å²) in [5.74, 6) is 5.48. The van der Waals surface area contributed by atoms with E-state index in [4.69, 9.17) is 0 Å². The zero-order valence-corrected chi connectivity index (χ0v) is 10.7. The Hall–Kier alpha value is -2.94. The van der Waals surface area contributed by atoms with Gasteiger partial charge in [-0.2, -0.15) is 0 Å². The molecular weight excluding hydrogens is 258 g/mol. The average molecular weight is 269 g/mol. The minimum atomic E-state index is -0.446. The van der Waals surface area contributed by atoms with E-state index in [0.29, 0.717) is 16.5 Å². The number of hydrogen-bond donors (Lipinski definition) is 1. The Morgan fingerprint density at radius 2 is 2.25 bits per heavy atom. The van der Waals surface area contributed by atoms with Crippen molar-refractivity contribution in [2.75, 3.05) is 6.54 Å². The SMILES string of the molecule is CC(=O)NCC#Cc1ccc([N+](=O)[O-])c2cccnc12. The number of pyridine rings is 1. The summed E-state index contributed by atoms with van der Waals surface area (Å²) in [4.78, 5) is 25.4. The van der Waals surface area contributed by atoms with E-state index in [1.807, 2.05) is 0 Å². The molecule has 0 bridgehead atoms. The summed E-state index contributed by atoms with van der Waals surface area (Å²) >= 11 is 0. The summed E-state index contributed by atoms with van der Waals surface area (Å²) in [7, 11) is 0. The van der Waals surface area contributed by atoms with Crippen LogP contribution < -0.4 is 5.32 Å². The van der Waals surface area contributed by atoms with Crippen molar-refractivity contribution in [1.29, 1.82) is 0 Å². The molecule has 20 heavy (non-hydrogen) atoms. The minimum Gasteiger partial charge on any atom is -0.345 e. The Bertz CT molecular complexity index is 744. The van der Waals surface area contributed by atoms with Crippen LogP contribution >= 0.6 is 0 Å². The maximum Gasteiger partial charge on any atom is 0.278 e. The quantitative estimate of drug-likeness (QED) is 0.510. The number of nitro benzene ring substituents is 1. The van der Waals surface area contributed by atoms with Gasteiger partial charge in [0.15, 0.2) is 0 Å². The van der Waals surface area contributed by atoms with Gasteiger partial charge in [0.25, 0.3) is 5.69 Å². The molecular formula is C14H11N3O3. The van der Waals surface area contributed by atoms with Crippen molar-refractivity contribution in [3.8, 4) is 11.8 Å². The first kappa shape index (κ1) is 13.5. The van der Waals surface area contributed by atoms with E-state index in [9.17, 15) is 14.9 Å². The van der Waals surface area contributed by atoms with Crippen LogP contribution in [-0.4, -0.2) is 22.4 Å². The Morgan fingerprint density at radius 1 is 1.45 bits per heavy atom. The van der Waals surface area contributed by atoms with Crippen molar-refractivity contribution in [2.24, 2.45) is 0 Å². The third-order valence-corrected chi connectivity index (χ3v) is 2.59. The number of amides is 1. The highest BCUT2D eigenvalue weighted by Gasteiger charge is 2.13. The molecule has 0 fully saturated rings. The van der Waals surface area contributed by atoms with Crippen LogP contribution in [0.25, 0.3) is 10.9 Å². The maximum absolute atomic E-state index is 11.0. The number of fused-ring (bicyclic) bond motifs is 1. The third-order valence-electron chi connectivity index (χ3n) is 2.59. The van der Waals surface area contributed by atoms with Gasteiger partial charge in [0.05, 0.1) is 27.9 Å². The molecule has 0 atom stereocenters. The van der Waals surface area contributed by atoms with Crippen molar-refractivity contribution in [3.05, 3.63) is 46.1 Å². The van der Waals surface area contributed by atoms with Crippen molar-refractivity contribution in [1.82, 2.24) is 10.3 Å². The molecule has 1 aromatic carbocycles. The normalized spacial score (nSPS) is 9.65. The highest BCUT2D eigenvalue weighted by atomic mass is 16.6. The van der Waals surface area contributed by atoms with Crippen molar-refractivity contribution in [2.45, 2.75) is 6.92 Å². The number of hydrogen-bond acceptors (Lipinski definition) is 4. The predicted octanol–water partition coefficient (Wildman–Crippen LogP) is 1.63. The Labute approximate surface area is 115 Å². The Kier molecular flexibility index (Phi) is 3.91. The van der Waals surface area contributed by atoms with Crippen molar-refractivity contribution >= 4 is 22.5 Å². The number of rotatable bonds is 2. The van der Waals surface area contributed by atoms with E-state index in [1.54, 1.807) is 24.4 Å². The highest BCUT2D eigenvalue weighted by molar-refractivity contribution is 5.92. The number of non-ortho nitro benzene ring substituents is 1. The standard InChI is InChI=1S/C14H11N3O3/c1-10(18)15-8-2-4-11-6-7-13(17(19)20)12-5-3-9-16-14(11)12/h3,5-7,9H,8H2,1H3,(H,15,18). The monoisotopic (exact) mass is 269 g/mol. The molecule has 2 aromatic rings. The predicted molar refractivity (Wildman–Crippen MR) is 74.0 cm³/mol.